The monoisotopic (exact) mass is 193 g/mol. The fourth-order valence-electron chi connectivity index (χ4n) is 0.673. The van der Waals surface area contributed by atoms with E-state index in [0.717, 1.165) is 11.8 Å². The molecule has 1 aliphatic heterocycles. The van der Waals surface area contributed by atoms with Crippen LogP contribution in [0.3, 0.4) is 0 Å². The summed E-state index contributed by atoms with van der Waals surface area (Å²) in [6.45, 7) is 0. The predicted molar refractivity (Wildman–Crippen MR) is 40.4 cm³/mol. The number of amides is 2. The molecule has 0 aliphatic carbocycles. The molecule has 1 heterocycles. The van der Waals surface area contributed by atoms with Crippen molar-refractivity contribution in [1.29, 1.82) is 0 Å². The highest BCUT2D eigenvalue weighted by Gasteiger charge is 2.32. The number of nitrogens with one attached hydrogen (secondary N) is 1. The first-order chi connectivity index (χ1) is 5.09. The van der Waals surface area contributed by atoms with Gasteiger partial charge in [0.05, 0.1) is 0 Å². The van der Waals surface area contributed by atoms with Crippen molar-refractivity contribution < 1.29 is 14.4 Å². The molecule has 0 aromatic heterocycles. The molecule has 1 atom stereocenters. The molecule has 0 aromatic rings. The minimum Gasteiger partial charge on any atom is -0.286 e. The molecular weight excluding hydrogens is 190 g/mol. The van der Waals surface area contributed by atoms with E-state index >= 15 is 0 Å². The Balaban J connectivity index is 2.53. The van der Waals surface area contributed by atoms with E-state index in [-0.39, 0.29) is 6.42 Å². The minimum absolute atomic E-state index is 0.0935. The van der Waals surface area contributed by atoms with Crippen LogP contribution in [0.1, 0.15) is 6.42 Å². The van der Waals surface area contributed by atoms with E-state index in [9.17, 15) is 14.4 Å². The molecule has 1 unspecified atom stereocenters. The Bertz CT molecular complexity index is 230. The van der Waals surface area contributed by atoms with Crippen LogP contribution < -0.4 is 5.32 Å². The second kappa shape index (κ2) is 3.23. The number of halogens is 1. The first kappa shape index (κ1) is 8.55. The van der Waals surface area contributed by atoms with Gasteiger partial charge in [0.1, 0.15) is 5.25 Å². The van der Waals surface area contributed by atoms with Crippen molar-refractivity contribution in [3.05, 3.63) is 0 Å². The summed E-state index contributed by atoms with van der Waals surface area (Å²) in [5, 5.41) is 0.392. The third kappa shape index (κ3) is 2.20. The minimum atomic E-state index is -0.632. The van der Waals surface area contributed by atoms with E-state index in [1.54, 1.807) is 0 Å². The maximum absolute atomic E-state index is 10.8. The van der Waals surface area contributed by atoms with E-state index in [4.69, 9.17) is 11.6 Å². The second-order valence-electron chi connectivity index (χ2n) is 1.94. The third-order valence-electron chi connectivity index (χ3n) is 1.11. The summed E-state index contributed by atoms with van der Waals surface area (Å²) in [5.41, 5.74) is 0. The van der Waals surface area contributed by atoms with Crippen molar-refractivity contribution in [2.75, 3.05) is 0 Å². The van der Waals surface area contributed by atoms with Gasteiger partial charge in [-0.3, -0.25) is 19.7 Å². The first-order valence-corrected chi connectivity index (χ1v) is 4.05. The van der Waals surface area contributed by atoms with Gasteiger partial charge in [0.25, 0.3) is 5.24 Å². The molecule has 1 N–H and O–H groups in total. The van der Waals surface area contributed by atoms with Gasteiger partial charge in [0.2, 0.25) is 11.1 Å². The molecule has 4 nitrogen and oxygen atoms in total. The topological polar surface area (TPSA) is 63.2 Å². The van der Waals surface area contributed by atoms with Crippen molar-refractivity contribution in [3.8, 4) is 0 Å². The van der Waals surface area contributed by atoms with Crippen LogP contribution in [0.25, 0.3) is 0 Å². The SMILES string of the molecule is O=C(Cl)CC1SC(=O)NC1=O. The fourth-order valence-corrected chi connectivity index (χ4v) is 1.74. The molecule has 1 aliphatic rings. The number of imide groups is 1. The Morgan fingerprint density at radius 1 is 1.64 bits per heavy atom. The molecule has 0 bridgehead atoms. The van der Waals surface area contributed by atoms with Gasteiger partial charge >= 0.3 is 0 Å². The Kier molecular flexibility index (Phi) is 2.51. The summed E-state index contributed by atoms with van der Waals surface area (Å²) >= 11 is 5.82. The molecule has 0 spiro atoms. The van der Waals surface area contributed by atoms with Gasteiger partial charge in [0.15, 0.2) is 0 Å². The maximum Gasteiger partial charge on any atom is 0.286 e. The van der Waals surface area contributed by atoms with Crippen molar-refractivity contribution in [3.63, 3.8) is 0 Å². The Morgan fingerprint density at radius 3 is 2.64 bits per heavy atom. The van der Waals surface area contributed by atoms with Gasteiger partial charge in [-0.15, -0.1) is 0 Å². The van der Waals surface area contributed by atoms with Crippen LogP contribution in [-0.2, 0) is 9.59 Å². The lowest BCUT2D eigenvalue weighted by Gasteiger charge is -1.97. The van der Waals surface area contributed by atoms with Gasteiger partial charge in [-0.1, -0.05) is 11.8 Å². The van der Waals surface area contributed by atoms with Gasteiger partial charge in [-0.25, -0.2) is 0 Å². The van der Waals surface area contributed by atoms with Crippen molar-refractivity contribution >= 4 is 39.8 Å². The number of thioether (sulfide) groups is 1. The standard InChI is InChI=1S/C5H4ClNO3S/c6-3(8)1-2-4(9)7-5(10)11-2/h2H,1H2,(H,7,9,10). The zero-order valence-electron chi connectivity index (χ0n) is 5.30. The van der Waals surface area contributed by atoms with Crippen LogP contribution >= 0.6 is 23.4 Å². The summed E-state index contributed by atoms with van der Waals surface area (Å²) < 4.78 is 0. The zero-order chi connectivity index (χ0) is 8.43. The first-order valence-electron chi connectivity index (χ1n) is 2.79. The summed E-state index contributed by atoms with van der Waals surface area (Å²) in [4.78, 5) is 31.6. The average molecular weight is 194 g/mol. The number of hydrogen-bond donors (Lipinski definition) is 1. The fraction of sp³-hybridized carbons (Fsp3) is 0.400. The Labute approximate surface area is 71.7 Å². The third-order valence-corrected chi connectivity index (χ3v) is 2.25. The molecule has 0 radical (unpaired) electrons. The smallest absolute Gasteiger partial charge is 0.286 e. The van der Waals surface area contributed by atoms with Gasteiger partial charge in [-0.2, -0.15) is 0 Å². The van der Waals surface area contributed by atoms with Crippen molar-refractivity contribution in [2.24, 2.45) is 0 Å². The van der Waals surface area contributed by atoms with Crippen LogP contribution in [0.2, 0.25) is 0 Å². The predicted octanol–water partition coefficient (Wildman–Crippen LogP) is 0.493. The molecule has 1 saturated heterocycles. The molecular formula is C5H4ClNO3S. The van der Waals surface area contributed by atoms with Crippen LogP contribution in [0.15, 0.2) is 0 Å². The van der Waals surface area contributed by atoms with E-state index in [1.807, 2.05) is 5.32 Å². The normalized spacial score (nSPS) is 23.5. The maximum atomic E-state index is 10.8. The molecule has 1 rings (SSSR count). The molecule has 2 amide bonds. The van der Waals surface area contributed by atoms with Crippen molar-refractivity contribution in [2.45, 2.75) is 11.7 Å². The largest absolute Gasteiger partial charge is 0.286 e. The molecule has 0 aromatic carbocycles. The lowest BCUT2D eigenvalue weighted by Crippen LogP contribution is -2.25. The Morgan fingerprint density at radius 2 is 2.27 bits per heavy atom. The molecule has 0 saturated carbocycles. The highest BCUT2D eigenvalue weighted by Crippen LogP contribution is 2.22. The lowest BCUT2D eigenvalue weighted by atomic mass is 10.3. The summed E-state index contributed by atoms with van der Waals surface area (Å²) in [7, 11) is 0. The summed E-state index contributed by atoms with van der Waals surface area (Å²) in [5.74, 6) is -0.436. The van der Waals surface area contributed by atoms with E-state index in [2.05, 4.69) is 0 Å². The van der Waals surface area contributed by atoms with E-state index < -0.39 is 21.6 Å². The molecule has 6 heteroatoms. The summed E-state index contributed by atoms with van der Waals surface area (Å²) in [6.07, 6.45) is -0.0935. The van der Waals surface area contributed by atoms with E-state index in [1.165, 1.54) is 0 Å². The van der Waals surface area contributed by atoms with E-state index in [0.29, 0.717) is 0 Å². The quantitative estimate of drug-likeness (QED) is 0.649. The van der Waals surface area contributed by atoms with Gasteiger partial charge < -0.3 is 0 Å². The zero-order valence-corrected chi connectivity index (χ0v) is 6.87. The number of hydrogen-bond acceptors (Lipinski definition) is 4. The number of rotatable bonds is 2. The molecule has 60 valence electrons. The second-order valence-corrected chi connectivity index (χ2v) is 3.54. The molecule has 1 fully saturated rings. The number of carbonyl (C=O) groups is 3. The Hall–Kier alpha value is -0.550. The number of carbonyl (C=O) groups excluding carboxylic acids is 3. The van der Waals surface area contributed by atoms with Crippen molar-refractivity contribution in [1.82, 2.24) is 5.32 Å². The average Bonchev–Trinajstić information content (AvgIpc) is 2.09. The highest BCUT2D eigenvalue weighted by molar-refractivity contribution is 8.15. The lowest BCUT2D eigenvalue weighted by molar-refractivity contribution is -0.121. The summed E-state index contributed by atoms with van der Waals surface area (Å²) in [6, 6.07) is 0. The van der Waals surface area contributed by atoms with Crippen LogP contribution in [0.5, 0.6) is 0 Å². The van der Waals surface area contributed by atoms with Crippen LogP contribution in [0.4, 0.5) is 4.79 Å². The molecule has 11 heavy (non-hydrogen) atoms. The van der Waals surface area contributed by atoms with Gasteiger partial charge in [-0.05, 0) is 11.6 Å². The van der Waals surface area contributed by atoms with Gasteiger partial charge in [0, 0.05) is 6.42 Å². The van der Waals surface area contributed by atoms with Crippen LogP contribution in [0, 0.1) is 0 Å². The van der Waals surface area contributed by atoms with Crippen LogP contribution in [-0.4, -0.2) is 21.6 Å². The highest BCUT2D eigenvalue weighted by atomic mass is 35.5.